The van der Waals surface area contributed by atoms with Crippen LogP contribution in [0.3, 0.4) is 0 Å². The lowest BCUT2D eigenvalue weighted by molar-refractivity contribution is 0.596. The van der Waals surface area contributed by atoms with E-state index in [1.54, 1.807) is 0 Å². The number of guanidine groups is 1. The first kappa shape index (κ1) is 15.1. The van der Waals surface area contributed by atoms with Gasteiger partial charge in [-0.3, -0.25) is 4.99 Å². The minimum atomic E-state index is 0.482. The van der Waals surface area contributed by atoms with Crippen molar-refractivity contribution in [2.24, 2.45) is 4.99 Å². The number of fused-ring (bicyclic) bond motifs is 1. The van der Waals surface area contributed by atoms with Gasteiger partial charge in [0.05, 0.1) is 0 Å². The average Bonchev–Trinajstić information content (AvgIpc) is 3.11. The number of aromatic nitrogens is 3. The number of hydrogen-bond acceptors (Lipinski definition) is 3. The minimum Gasteiger partial charge on any atom is -0.356 e. The lowest BCUT2D eigenvalue weighted by Gasteiger charge is -2.16. The summed E-state index contributed by atoms with van der Waals surface area (Å²) in [6.07, 6.45) is 12.3. The van der Waals surface area contributed by atoms with Crippen molar-refractivity contribution < 1.29 is 0 Å². The molecular formula is C16H26N6. The molecule has 22 heavy (non-hydrogen) atoms. The van der Waals surface area contributed by atoms with Gasteiger partial charge in [-0.05, 0) is 25.7 Å². The summed E-state index contributed by atoms with van der Waals surface area (Å²) < 4.78 is 2.31. The maximum absolute atomic E-state index is 4.37. The molecule has 2 N–H and O–H groups in total. The number of aryl methyl sites for hydroxylation is 1. The van der Waals surface area contributed by atoms with E-state index in [0.717, 1.165) is 56.4 Å². The average molecular weight is 302 g/mol. The summed E-state index contributed by atoms with van der Waals surface area (Å²) in [7, 11) is 1.82. The van der Waals surface area contributed by atoms with E-state index in [1.807, 2.05) is 7.05 Å². The second-order valence-corrected chi connectivity index (χ2v) is 6.03. The Kier molecular flexibility index (Phi) is 5.08. The summed E-state index contributed by atoms with van der Waals surface area (Å²) in [6.45, 7) is 1.90. The van der Waals surface area contributed by atoms with Crippen LogP contribution in [-0.4, -0.2) is 40.4 Å². The SMILES string of the molecule is CN=C(NCCc1nnc2n1CCCCC2)NC1CC=CC1. The van der Waals surface area contributed by atoms with E-state index < -0.39 is 0 Å². The molecule has 0 radical (unpaired) electrons. The zero-order valence-electron chi connectivity index (χ0n) is 13.4. The van der Waals surface area contributed by atoms with Crippen molar-refractivity contribution in [1.82, 2.24) is 25.4 Å². The van der Waals surface area contributed by atoms with Crippen LogP contribution in [0.1, 0.15) is 43.8 Å². The second-order valence-electron chi connectivity index (χ2n) is 6.03. The molecule has 2 heterocycles. The summed E-state index contributed by atoms with van der Waals surface area (Å²) in [5, 5.41) is 15.6. The van der Waals surface area contributed by atoms with Crippen LogP contribution in [0.25, 0.3) is 0 Å². The van der Waals surface area contributed by atoms with Gasteiger partial charge in [-0.25, -0.2) is 0 Å². The van der Waals surface area contributed by atoms with Crippen molar-refractivity contribution in [2.75, 3.05) is 13.6 Å². The smallest absolute Gasteiger partial charge is 0.191 e. The minimum absolute atomic E-state index is 0.482. The van der Waals surface area contributed by atoms with Crippen LogP contribution in [-0.2, 0) is 19.4 Å². The van der Waals surface area contributed by atoms with Crippen molar-refractivity contribution in [3.05, 3.63) is 23.8 Å². The van der Waals surface area contributed by atoms with Crippen LogP contribution >= 0.6 is 0 Å². The summed E-state index contributed by atoms with van der Waals surface area (Å²) in [4.78, 5) is 4.30. The summed E-state index contributed by atoms with van der Waals surface area (Å²) in [5.74, 6) is 3.14. The molecule has 1 aliphatic heterocycles. The van der Waals surface area contributed by atoms with Crippen LogP contribution in [0.5, 0.6) is 0 Å². The lowest BCUT2D eigenvalue weighted by atomic mass is 10.2. The highest BCUT2D eigenvalue weighted by molar-refractivity contribution is 5.80. The topological polar surface area (TPSA) is 67.1 Å². The van der Waals surface area contributed by atoms with Gasteiger partial charge in [-0.15, -0.1) is 10.2 Å². The van der Waals surface area contributed by atoms with Crippen molar-refractivity contribution in [2.45, 2.75) is 57.5 Å². The maximum Gasteiger partial charge on any atom is 0.191 e. The fourth-order valence-electron chi connectivity index (χ4n) is 3.15. The molecule has 1 aromatic rings. The molecule has 120 valence electrons. The summed E-state index contributed by atoms with van der Waals surface area (Å²) in [5.41, 5.74) is 0. The summed E-state index contributed by atoms with van der Waals surface area (Å²) >= 11 is 0. The molecule has 0 aromatic carbocycles. The van der Waals surface area contributed by atoms with Gasteiger partial charge in [0.25, 0.3) is 0 Å². The Morgan fingerprint density at radius 1 is 1.27 bits per heavy atom. The normalized spacial score (nSPS) is 19.0. The number of rotatable bonds is 4. The molecule has 0 saturated heterocycles. The molecule has 6 nitrogen and oxygen atoms in total. The van der Waals surface area contributed by atoms with Crippen molar-refractivity contribution in [3.63, 3.8) is 0 Å². The van der Waals surface area contributed by atoms with Crippen LogP contribution < -0.4 is 10.6 Å². The predicted molar refractivity (Wildman–Crippen MR) is 87.9 cm³/mol. The van der Waals surface area contributed by atoms with Gasteiger partial charge in [0.2, 0.25) is 0 Å². The molecule has 6 heteroatoms. The van der Waals surface area contributed by atoms with E-state index in [0.29, 0.717) is 6.04 Å². The number of hydrogen-bond donors (Lipinski definition) is 2. The van der Waals surface area contributed by atoms with E-state index in [-0.39, 0.29) is 0 Å². The van der Waals surface area contributed by atoms with Crippen LogP contribution in [0.2, 0.25) is 0 Å². The third-order valence-electron chi connectivity index (χ3n) is 4.40. The van der Waals surface area contributed by atoms with Crippen LogP contribution in [0.15, 0.2) is 17.1 Å². The van der Waals surface area contributed by atoms with Gasteiger partial charge in [-0.2, -0.15) is 0 Å². The van der Waals surface area contributed by atoms with Gasteiger partial charge in [0, 0.05) is 39.0 Å². The largest absolute Gasteiger partial charge is 0.356 e. The van der Waals surface area contributed by atoms with Gasteiger partial charge >= 0.3 is 0 Å². The molecule has 0 atom stereocenters. The molecule has 1 aliphatic carbocycles. The Morgan fingerprint density at radius 2 is 2.14 bits per heavy atom. The molecule has 0 spiro atoms. The standard InChI is InChI=1S/C16H26N6/c1-17-16(19-13-7-4-5-8-13)18-11-10-15-21-20-14-9-3-2-6-12-22(14)15/h4-5,13H,2-3,6-12H2,1H3,(H2,17,18,19). The highest BCUT2D eigenvalue weighted by atomic mass is 15.3. The molecule has 0 saturated carbocycles. The summed E-state index contributed by atoms with van der Waals surface area (Å²) in [6, 6.07) is 0.482. The molecule has 0 bridgehead atoms. The molecule has 0 fully saturated rings. The molecule has 1 aromatic heterocycles. The predicted octanol–water partition coefficient (Wildman–Crippen LogP) is 1.43. The first-order chi connectivity index (χ1) is 10.9. The van der Waals surface area contributed by atoms with E-state index >= 15 is 0 Å². The lowest BCUT2D eigenvalue weighted by Crippen LogP contribution is -2.43. The van der Waals surface area contributed by atoms with Gasteiger partial charge in [-0.1, -0.05) is 18.6 Å². The van der Waals surface area contributed by atoms with Crippen molar-refractivity contribution >= 4 is 5.96 Å². The monoisotopic (exact) mass is 302 g/mol. The molecule has 0 unspecified atom stereocenters. The van der Waals surface area contributed by atoms with E-state index in [4.69, 9.17) is 0 Å². The van der Waals surface area contributed by atoms with E-state index in [2.05, 4.69) is 42.5 Å². The number of nitrogens with zero attached hydrogens (tertiary/aromatic N) is 4. The van der Waals surface area contributed by atoms with Crippen molar-refractivity contribution in [3.8, 4) is 0 Å². The van der Waals surface area contributed by atoms with E-state index in [1.165, 1.54) is 19.3 Å². The van der Waals surface area contributed by atoms with Gasteiger partial charge in [0.1, 0.15) is 11.6 Å². The van der Waals surface area contributed by atoms with Gasteiger partial charge < -0.3 is 15.2 Å². The Balaban J connectivity index is 1.49. The maximum atomic E-state index is 4.37. The van der Waals surface area contributed by atoms with Crippen LogP contribution in [0, 0.1) is 0 Å². The first-order valence-electron chi connectivity index (χ1n) is 8.40. The van der Waals surface area contributed by atoms with E-state index in [9.17, 15) is 0 Å². The highest BCUT2D eigenvalue weighted by Gasteiger charge is 2.15. The number of aliphatic imine (C=N–C) groups is 1. The van der Waals surface area contributed by atoms with Crippen molar-refractivity contribution in [1.29, 1.82) is 0 Å². The molecule has 3 rings (SSSR count). The number of nitrogens with one attached hydrogen (secondary N) is 2. The molecule has 2 aliphatic rings. The quantitative estimate of drug-likeness (QED) is 0.502. The third kappa shape index (κ3) is 3.67. The second kappa shape index (κ2) is 7.42. The highest BCUT2D eigenvalue weighted by Crippen LogP contribution is 2.14. The fourth-order valence-corrected chi connectivity index (χ4v) is 3.15. The fraction of sp³-hybridized carbons (Fsp3) is 0.688. The van der Waals surface area contributed by atoms with Gasteiger partial charge in [0.15, 0.2) is 5.96 Å². The Hall–Kier alpha value is -1.85. The first-order valence-corrected chi connectivity index (χ1v) is 8.40. The zero-order valence-corrected chi connectivity index (χ0v) is 13.4. The molecular weight excluding hydrogens is 276 g/mol. The molecule has 0 amide bonds. The Labute approximate surface area is 132 Å². The zero-order chi connectivity index (χ0) is 15.2. The Morgan fingerprint density at radius 3 is 2.95 bits per heavy atom. The van der Waals surface area contributed by atoms with Crippen LogP contribution in [0.4, 0.5) is 0 Å². The Bertz CT molecular complexity index is 537. The third-order valence-corrected chi connectivity index (χ3v) is 4.40.